The second-order valence-electron chi connectivity index (χ2n) is 9.61. The molecule has 3 heterocycles. The maximum atomic E-state index is 13.2. The third kappa shape index (κ3) is 3.20. The number of benzene rings is 1. The number of rotatable bonds is 5. The largest absolute Gasteiger partial charge is 0.330 e. The number of piperazine rings is 1. The molecule has 2 bridgehead atoms. The van der Waals surface area contributed by atoms with Crippen LogP contribution in [0.5, 0.6) is 0 Å². The lowest BCUT2D eigenvalue weighted by molar-refractivity contribution is -0.142. The standard InChI is InChI=1S/C24H27N5O2/c1-14(23(30)29-19(11-26)7-18-8-21(18)29)12-27-13-20-9-22(27)24(31)28(20)15(2)17-5-3-4-16(6-17)10-25/h3-6,14-15,18-22H,7-9,12-13H2,1-2H3/t14-,15-,18+,19-,20+,21?,22+/m0/s1. The molecule has 7 atom stereocenters. The SMILES string of the molecule is C[C@@H](CN1C[C@H]2C[C@@H]1C(=O)N2[C@@H](C)c1cccc(C#N)c1)C(=O)N1C2C[C@H]2C[C@H]1C#N. The topological polar surface area (TPSA) is 91.4 Å². The van der Waals surface area contributed by atoms with Crippen molar-refractivity contribution in [2.75, 3.05) is 13.1 Å². The Kier molecular flexibility index (Phi) is 4.75. The molecule has 3 aliphatic heterocycles. The summed E-state index contributed by atoms with van der Waals surface area (Å²) >= 11 is 0. The van der Waals surface area contributed by atoms with Crippen molar-refractivity contribution >= 4 is 11.8 Å². The van der Waals surface area contributed by atoms with Crippen LogP contribution in [0.4, 0.5) is 0 Å². The van der Waals surface area contributed by atoms with Gasteiger partial charge in [-0.25, -0.2) is 0 Å². The molecule has 1 aromatic rings. The summed E-state index contributed by atoms with van der Waals surface area (Å²) in [6.45, 7) is 5.28. The van der Waals surface area contributed by atoms with Crippen molar-refractivity contribution in [1.29, 1.82) is 10.5 Å². The van der Waals surface area contributed by atoms with Crippen molar-refractivity contribution in [3.63, 3.8) is 0 Å². The van der Waals surface area contributed by atoms with Crippen LogP contribution in [0.2, 0.25) is 0 Å². The van der Waals surface area contributed by atoms with Gasteiger partial charge in [0.05, 0.1) is 29.8 Å². The molecule has 4 fully saturated rings. The van der Waals surface area contributed by atoms with Gasteiger partial charge in [-0.15, -0.1) is 0 Å². The molecule has 0 radical (unpaired) electrons. The molecular formula is C24H27N5O2. The molecule has 1 saturated carbocycles. The Morgan fingerprint density at radius 2 is 2.03 bits per heavy atom. The average molecular weight is 418 g/mol. The highest BCUT2D eigenvalue weighted by Crippen LogP contribution is 2.48. The zero-order valence-electron chi connectivity index (χ0n) is 17.9. The quantitative estimate of drug-likeness (QED) is 0.731. The Hall–Kier alpha value is -2.90. The number of piperidine rings is 1. The molecule has 1 unspecified atom stereocenters. The van der Waals surface area contributed by atoms with Crippen LogP contribution >= 0.6 is 0 Å². The number of fused-ring (bicyclic) bond motifs is 3. The van der Waals surface area contributed by atoms with Gasteiger partial charge in [0.2, 0.25) is 11.8 Å². The number of hydrogen-bond donors (Lipinski definition) is 0. The Balaban J connectivity index is 1.24. The highest BCUT2D eigenvalue weighted by Gasteiger charge is 2.55. The summed E-state index contributed by atoms with van der Waals surface area (Å²) in [5, 5.41) is 18.6. The Bertz CT molecular complexity index is 1010. The number of hydrogen-bond acceptors (Lipinski definition) is 5. The monoisotopic (exact) mass is 417 g/mol. The van der Waals surface area contributed by atoms with Gasteiger partial charge in [0, 0.05) is 31.1 Å². The molecule has 0 spiro atoms. The molecule has 0 N–H and O–H groups in total. The van der Waals surface area contributed by atoms with Gasteiger partial charge in [-0.05, 0) is 49.8 Å². The van der Waals surface area contributed by atoms with Gasteiger partial charge >= 0.3 is 0 Å². The number of carbonyl (C=O) groups is 2. The van der Waals surface area contributed by atoms with Crippen LogP contribution in [0.1, 0.15) is 50.3 Å². The summed E-state index contributed by atoms with van der Waals surface area (Å²) < 4.78 is 0. The van der Waals surface area contributed by atoms with Crippen molar-refractivity contribution in [3.05, 3.63) is 35.4 Å². The molecule has 2 amide bonds. The van der Waals surface area contributed by atoms with Crippen LogP contribution in [0.25, 0.3) is 0 Å². The summed E-state index contributed by atoms with van der Waals surface area (Å²) in [6.07, 6.45) is 2.63. The fraction of sp³-hybridized carbons (Fsp3) is 0.583. The third-order valence-electron chi connectivity index (χ3n) is 7.67. The Morgan fingerprint density at radius 1 is 1.23 bits per heavy atom. The van der Waals surface area contributed by atoms with Crippen LogP contribution in [0, 0.1) is 34.5 Å². The van der Waals surface area contributed by atoms with Crippen LogP contribution in [-0.4, -0.2) is 63.8 Å². The lowest BCUT2D eigenvalue weighted by Crippen LogP contribution is -2.53. The van der Waals surface area contributed by atoms with E-state index in [1.165, 1.54) is 0 Å². The maximum absolute atomic E-state index is 13.2. The number of amides is 2. The molecule has 1 aliphatic carbocycles. The van der Waals surface area contributed by atoms with E-state index in [-0.39, 0.29) is 47.9 Å². The highest BCUT2D eigenvalue weighted by atomic mass is 16.2. The minimum absolute atomic E-state index is 0.0605. The molecule has 5 rings (SSSR count). The van der Waals surface area contributed by atoms with E-state index in [1.807, 2.05) is 41.8 Å². The second-order valence-corrected chi connectivity index (χ2v) is 9.61. The zero-order chi connectivity index (χ0) is 21.9. The molecule has 7 heteroatoms. The van der Waals surface area contributed by atoms with Crippen molar-refractivity contribution in [3.8, 4) is 12.1 Å². The van der Waals surface area contributed by atoms with Gasteiger partial charge in [-0.2, -0.15) is 10.5 Å². The lowest BCUT2D eigenvalue weighted by atomic mass is 10.0. The van der Waals surface area contributed by atoms with Crippen molar-refractivity contribution in [1.82, 2.24) is 14.7 Å². The first kappa shape index (κ1) is 20.0. The molecule has 3 saturated heterocycles. The van der Waals surface area contributed by atoms with E-state index in [0.29, 0.717) is 18.0 Å². The minimum Gasteiger partial charge on any atom is -0.330 e. The molecule has 31 heavy (non-hydrogen) atoms. The average Bonchev–Trinajstić information content (AvgIpc) is 3.11. The smallest absolute Gasteiger partial charge is 0.240 e. The van der Waals surface area contributed by atoms with Gasteiger partial charge in [0.25, 0.3) is 0 Å². The maximum Gasteiger partial charge on any atom is 0.240 e. The van der Waals surface area contributed by atoms with E-state index in [1.54, 1.807) is 6.07 Å². The van der Waals surface area contributed by atoms with E-state index in [2.05, 4.69) is 17.0 Å². The normalized spacial score (nSPS) is 33.0. The fourth-order valence-electron chi connectivity index (χ4n) is 6.00. The third-order valence-corrected chi connectivity index (χ3v) is 7.67. The van der Waals surface area contributed by atoms with Crippen LogP contribution in [0.3, 0.4) is 0 Å². The van der Waals surface area contributed by atoms with E-state index < -0.39 is 0 Å². The van der Waals surface area contributed by atoms with Crippen molar-refractivity contribution in [2.45, 2.75) is 63.3 Å². The van der Waals surface area contributed by atoms with Crippen molar-refractivity contribution < 1.29 is 9.59 Å². The van der Waals surface area contributed by atoms with Gasteiger partial charge in [0.15, 0.2) is 0 Å². The summed E-state index contributed by atoms with van der Waals surface area (Å²) in [4.78, 5) is 32.2. The molecular weight excluding hydrogens is 390 g/mol. The van der Waals surface area contributed by atoms with Gasteiger partial charge < -0.3 is 9.80 Å². The van der Waals surface area contributed by atoms with Gasteiger partial charge in [0.1, 0.15) is 6.04 Å². The predicted octanol–water partition coefficient (Wildman–Crippen LogP) is 2.05. The van der Waals surface area contributed by atoms with E-state index in [0.717, 1.165) is 31.4 Å². The molecule has 7 nitrogen and oxygen atoms in total. The van der Waals surface area contributed by atoms with E-state index in [9.17, 15) is 20.1 Å². The number of likely N-dealkylation sites (tertiary alicyclic amines) is 3. The van der Waals surface area contributed by atoms with E-state index in [4.69, 9.17) is 0 Å². The Morgan fingerprint density at radius 3 is 2.74 bits per heavy atom. The van der Waals surface area contributed by atoms with Gasteiger partial charge in [-0.3, -0.25) is 14.5 Å². The predicted molar refractivity (Wildman–Crippen MR) is 112 cm³/mol. The molecule has 0 aromatic heterocycles. The van der Waals surface area contributed by atoms with Crippen LogP contribution in [0.15, 0.2) is 24.3 Å². The van der Waals surface area contributed by atoms with Crippen LogP contribution in [-0.2, 0) is 9.59 Å². The van der Waals surface area contributed by atoms with Crippen LogP contribution < -0.4 is 0 Å². The summed E-state index contributed by atoms with van der Waals surface area (Å²) in [7, 11) is 0. The number of nitriles is 2. The first-order valence-corrected chi connectivity index (χ1v) is 11.2. The van der Waals surface area contributed by atoms with Crippen molar-refractivity contribution in [2.24, 2.45) is 11.8 Å². The number of carbonyl (C=O) groups excluding carboxylic acids is 2. The molecule has 160 valence electrons. The Labute approximate surface area is 182 Å². The second kappa shape index (κ2) is 7.35. The summed E-state index contributed by atoms with van der Waals surface area (Å²) in [5.41, 5.74) is 1.58. The minimum atomic E-state index is -0.282. The fourth-order valence-corrected chi connectivity index (χ4v) is 6.00. The molecule has 1 aromatic carbocycles. The van der Waals surface area contributed by atoms with E-state index >= 15 is 0 Å². The first-order valence-electron chi connectivity index (χ1n) is 11.2. The number of nitrogens with zero attached hydrogens (tertiary/aromatic N) is 5. The molecule has 4 aliphatic rings. The van der Waals surface area contributed by atoms with Gasteiger partial charge in [-0.1, -0.05) is 19.1 Å². The summed E-state index contributed by atoms with van der Waals surface area (Å²) in [5.74, 6) is 0.467. The first-order chi connectivity index (χ1) is 14.9. The zero-order valence-corrected chi connectivity index (χ0v) is 17.9. The lowest BCUT2D eigenvalue weighted by Gasteiger charge is -2.38. The summed E-state index contributed by atoms with van der Waals surface area (Å²) in [6, 6.07) is 11.8. The highest BCUT2D eigenvalue weighted by molar-refractivity contribution is 5.86.